The van der Waals surface area contributed by atoms with Gasteiger partial charge in [0, 0.05) is 0 Å². The fourth-order valence-corrected chi connectivity index (χ4v) is 4.32. The van der Waals surface area contributed by atoms with Gasteiger partial charge in [-0.25, -0.2) is 0 Å². The van der Waals surface area contributed by atoms with E-state index in [-0.39, 0.29) is 0 Å². The predicted octanol–water partition coefficient (Wildman–Crippen LogP) is 4.37. The Morgan fingerprint density at radius 1 is 1.41 bits per heavy atom. The Labute approximate surface area is 106 Å². The maximum atomic E-state index is 10.6. The second-order valence-corrected chi connectivity index (χ2v) is 6.68. The molecule has 1 nitrogen and oxygen atoms in total. The first kappa shape index (κ1) is 12.9. The van der Waals surface area contributed by atoms with Gasteiger partial charge in [0.2, 0.25) is 0 Å². The zero-order valence-electron chi connectivity index (χ0n) is 11.8. The molecule has 0 aromatic heterocycles. The number of fused-ring (bicyclic) bond motifs is 1. The summed E-state index contributed by atoms with van der Waals surface area (Å²) in [6.07, 6.45) is 9.61. The van der Waals surface area contributed by atoms with E-state index in [2.05, 4.69) is 26.8 Å². The van der Waals surface area contributed by atoms with Gasteiger partial charge in [0.15, 0.2) is 0 Å². The van der Waals surface area contributed by atoms with Crippen LogP contribution in [0.15, 0.2) is 11.6 Å². The van der Waals surface area contributed by atoms with Gasteiger partial charge in [-0.15, -0.1) is 0 Å². The molecular formula is C16H26O. The van der Waals surface area contributed by atoms with Gasteiger partial charge in [-0.1, -0.05) is 33.3 Å². The number of hydrogen-bond acceptors (Lipinski definition) is 1. The van der Waals surface area contributed by atoms with Crippen LogP contribution in [0.5, 0.6) is 0 Å². The van der Waals surface area contributed by atoms with Crippen molar-refractivity contribution in [1.29, 1.82) is 0 Å². The summed E-state index contributed by atoms with van der Waals surface area (Å²) < 4.78 is 0. The molecule has 17 heavy (non-hydrogen) atoms. The molecule has 0 spiro atoms. The molecule has 0 saturated heterocycles. The SMILES string of the molecule is CC[C@@H]1C[C@H]2C[C@@]2(C)[C@]1(C)CC/C=C(\C)C=O. The fourth-order valence-electron chi connectivity index (χ4n) is 4.32. The summed E-state index contributed by atoms with van der Waals surface area (Å²) in [6.45, 7) is 9.23. The predicted molar refractivity (Wildman–Crippen MR) is 71.8 cm³/mol. The third kappa shape index (κ3) is 1.88. The molecule has 0 N–H and O–H groups in total. The van der Waals surface area contributed by atoms with Crippen molar-refractivity contribution in [2.45, 2.75) is 59.8 Å². The highest BCUT2D eigenvalue weighted by atomic mass is 16.1. The van der Waals surface area contributed by atoms with Crippen LogP contribution in [0.1, 0.15) is 59.8 Å². The monoisotopic (exact) mass is 234 g/mol. The Morgan fingerprint density at radius 2 is 2.12 bits per heavy atom. The lowest BCUT2D eigenvalue weighted by molar-refractivity contribution is -0.104. The van der Waals surface area contributed by atoms with Crippen LogP contribution >= 0.6 is 0 Å². The summed E-state index contributed by atoms with van der Waals surface area (Å²) >= 11 is 0. The molecule has 2 aliphatic rings. The van der Waals surface area contributed by atoms with E-state index in [1.807, 2.05) is 6.92 Å². The highest BCUT2D eigenvalue weighted by molar-refractivity contribution is 5.71. The van der Waals surface area contributed by atoms with Crippen molar-refractivity contribution in [3.05, 3.63) is 11.6 Å². The molecule has 0 aromatic rings. The fraction of sp³-hybridized carbons (Fsp3) is 0.812. The molecular weight excluding hydrogens is 208 g/mol. The number of allylic oxidation sites excluding steroid dienone is 2. The maximum absolute atomic E-state index is 10.6. The van der Waals surface area contributed by atoms with E-state index in [0.29, 0.717) is 10.8 Å². The van der Waals surface area contributed by atoms with Crippen LogP contribution in [0, 0.1) is 22.7 Å². The molecule has 2 fully saturated rings. The average molecular weight is 234 g/mol. The van der Waals surface area contributed by atoms with E-state index >= 15 is 0 Å². The Hall–Kier alpha value is -0.590. The Bertz CT molecular complexity index is 343. The summed E-state index contributed by atoms with van der Waals surface area (Å²) in [6, 6.07) is 0. The Kier molecular flexibility index (Phi) is 3.22. The van der Waals surface area contributed by atoms with Crippen molar-refractivity contribution >= 4 is 6.29 Å². The summed E-state index contributed by atoms with van der Waals surface area (Å²) in [5.74, 6) is 1.89. The second kappa shape index (κ2) is 4.26. The van der Waals surface area contributed by atoms with Crippen LogP contribution in [0.3, 0.4) is 0 Å². The highest BCUT2D eigenvalue weighted by Crippen LogP contribution is 2.75. The minimum absolute atomic E-state index is 0.506. The molecule has 0 heterocycles. The van der Waals surface area contributed by atoms with E-state index in [4.69, 9.17) is 0 Å². The van der Waals surface area contributed by atoms with Crippen LogP contribution < -0.4 is 0 Å². The summed E-state index contributed by atoms with van der Waals surface area (Å²) in [7, 11) is 0. The van der Waals surface area contributed by atoms with Crippen molar-refractivity contribution in [3.63, 3.8) is 0 Å². The van der Waals surface area contributed by atoms with Crippen LogP contribution in [0.25, 0.3) is 0 Å². The second-order valence-electron chi connectivity index (χ2n) is 6.68. The molecule has 2 aliphatic carbocycles. The highest BCUT2D eigenvalue weighted by Gasteiger charge is 2.67. The molecule has 0 radical (unpaired) electrons. The largest absolute Gasteiger partial charge is 0.298 e. The lowest BCUT2D eigenvalue weighted by Gasteiger charge is -2.39. The number of hydrogen-bond donors (Lipinski definition) is 0. The minimum atomic E-state index is 0.506. The topological polar surface area (TPSA) is 17.1 Å². The summed E-state index contributed by atoms with van der Waals surface area (Å²) in [5.41, 5.74) is 2.00. The van der Waals surface area contributed by atoms with E-state index in [0.717, 1.165) is 30.1 Å². The van der Waals surface area contributed by atoms with Crippen LogP contribution in [-0.2, 0) is 4.79 Å². The molecule has 2 saturated carbocycles. The van der Waals surface area contributed by atoms with Crippen molar-refractivity contribution in [3.8, 4) is 0 Å². The number of carbonyl (C=O) groups is 1. The third-order valence-corrected chi connectivity index (χ3v) is 5.99. The van der Waals surface area contributed by atoms with Gasteiger partial charge in [-0.3, -0.25) is 4.79 Å². The Balaban J connectivity index is 2.04. The molecule has 0 aliphatic heterocycles. The van der Waals surface area contributed by atoms with E-state index in [1.165, 1.54) is 25.7 Å². The van der Waals surface area contributed by atoms with Crippen LogP contribution in [0.4, 0.5) is 0 Å². The molecule has 0 aromatic carbocycles. The number of aldehydes is 1. The van der Waals surface area contributed by atoms with Gasteiger partial charge < -0.3 is 0 Å². The lowest BCUT2D eigenvalue weighted by atomic mass is 9.66. The summed E-state index contributed by atoms with van der Waals surface area (Å²) in [4.78, 5) is 10.6. The molecule has 1 heteroatoms. The van der Waals surface area contributed by atoms with Gasteiger partial charge in [0.05, 0.1) is 0 Å². The first-order valence-corrected chi connectivity index (χ1v) is 7.10. The lowest BCUT2D eigenvalue weighted by Crippen LogP contribution is -2.31. The van der Waals surface area contributed by atoms with Gasteiger partial charge in [-0.05, 0) is 60.8 Å². The summed E-state index contributed by atoms with van der Waals surface area (Å²) in [5, 5.41) is 0. The van der Waals surface area contributed by atoms with Crippen LogP contribution in [0.2, 0.25) is 0 Å². The van der Waals surface area contributed by atoms with Gasteiger partial charge in [0.25, 0.3) is 0 Å². The first-order valence-electron chi connectivity index (χ1n) is 7.10. The number of carbonyl (C=O) groups excluding carboxylic acids is 1. The molecule has 96 valence electrons. The standard InChI is InChI=1S/C16H26O/c1-5-13-9-14-10-16(14,4)15(13,3)8-6-7-12(2)11-17/h7,11,13-14H,5-6,8-10H2,1-4H3/b12-7+/t13-,14+,15-,16-/m1/s1. The van der Waals surface area contributed by atoms with Gasteiger partial charge in [0.1, 0.15) is 6.29 Å². The van der Waals surface area contributed by atoms with E-state index in [1.54, 1.807) is 0 Å². The average Bonchev–Trinajstić information content (AvgIpc) is 2.92. The zero-order valence-corrected chi connectivity index (χ0v) is 11.8. The molecule has 0 unspecified atom stereocenters. The van der Waals surface area contributed by atoms with E-state index in [9.17, 15) is 4.79 Å². The molecule has 0 amide bonds. The maximum Gasteiger partial charge on any atom is 0.145 e. The zero-order chi connectivity index (χ0) is 12.7. The molecule has 2 rings (SSSR count). The normalized spacial score (nSPS) is 44.6. The van der Waals surface area contributed by atoms with Gasteiger partial charge >= 0.3 is 0 Å². The van der Waals surface area contributed by atoms with Crippen molar-refractivity contribution < 1.29 is 4.79 Å². The first-order chi connectivity index (χ1) is 7.98. The molecule has 4 atom stereocenters. The van der Waals surface area contributed by atoms with Crippen molar-refractivity contribution in [1.82, 2.24) is 0 Å². The quantitative estimate of drug-likeness (QED) is 0.510. The third-order valence-electron chi connectivity index (χ3n) is 5.99. The van der Waals surface area contributed by atoms with E-state index < -0.39 is 0 Å². The van der Waals surface area contributed by atoms with Crippen molar-refractivity contribution in [2.24, 2.45) is 22.7 Å². The van der Waals surface area contributed by atoms with Gasteiger partial charge in [-0.2, -0.15) is 0 Å². The van der Waals surface area contributed by atoms with Crippen LogP contribution in [-0.4, -0.2) is 6.29 Å². The molecule has 0 bridgehead atoms. The smallest absolute Gasteiger partial charge is 0.145 e. The minimum Gasteiger partial charge on any atom is -0.298 e. The van der Waals surface area contributed by atoms with Crippen molar-refractivity contribution in [2.75, 3.05) is 0 Å². The number of rotatable bonds is 5. The Morgan fingerprint density at radius 3 is 2.71 bits per heavy atom.